The van der Waals surface area contributed by atoms with Gasteiger partial charge in [0.25, 0.3) is 5.91 Å². The van der Waals surface area contributed by atoms with Crippen LogP contribution in [-0.2, 0) is 13.1 Å². The number of pyridine rings is 2. The molecule has 5 heterocycles. The van der Waals surface area contributed by atoms with E-state index in [1.54, 1.807) is 6.20 Å². The van der Waals surface area contributed by atoms with E-state index in [4.69, 9.17) is 0 Å². The highest BCUT2D eigenvalue weighted by Gasteiger charge is 2.30. The van der Waals surface area contributed by atoms with Crippen LogP contribution in [0.4, 0.5) is 0 Å². The Morgan fingerprint density at radius 1 is 1.09 bits per heavy atom. The van der Waals surface area contributed by atoms with Crippen LogP contribution in [0.25, 0.3) is 22.2 Å². The van der Waals surface area contributed by atoms with E-state index in [-0.39, 0.29) is 5.91 Å². The highest BCUT2D eigenvalue weighted by Crippen LogP contribution is 2.38. The zero-order valence-corrected chi connectivity index (χ0v) is 19.0. The first-order valence-corrected chi connectivity index (χ1v) is 11.6. The van der Waals surface area contributed by atoms with E-state index >= 15 is 0 Å². The quantitative estimate of drug-likeness (QED) is 0.482. The lowest BCUT2D eigenvalue weighted by Gasteiger charge is -2.18. The number of aryl methyl sites for hydroxylation is 2. The molecule has 0 aliphatic carbocycles. The van der Waals surface area contributed by atoms with Gasteiger partial charge in [-0.1, -0.05) is 0 Å². The van der Waals surface area contributed by atoms with Crippen LogP contribution in [0.5, 0.6) is 0 Å². The van der Waals surface area contributed by atoms with E-state index in [2.05, 4.69) is 45.4 Å². The van der Waals surface area contributed by atoms with Gasteiger partial charge in [0.05, 0.1) is 0 Å². The van der Waals surface area contributed by atoms with Gasteiger partial charge in [-0.3, -0.25) is 9.78 Å². The van der Waals surface area contributed by atoms with Gasteiger partial charge in [-0.05, 0) is 91.4 Å². The lowest BCUT2D eigenvalue weighted by Crippen LogP contribution is -2.25. The maximum Gasteiger partial charge on any atom is 0.254 e. The summed E-state index contributed by atoms with van der Waals surface area (Å²) in [7, 11) is 0. The Balaban J connectivity index is 1.41. The van der Waals surface area contributed by atoms with Crippen molar-refractivity contribution >= 4 is 16.9 Å². The average molecular weight is 438 g/mol. The van der Waals surface area contributed by atoms with Crippen LogP contribution in [0.1, 0.15) is 57.2 Å². The summed E-state index contributed by atoms with van der Waals surface area (Å²) in [6.45, 7) is 6.34. The van der Waals surface area contributed by atoms with Gasteiger partial charge in [0.2, 0.25) is 0 Å². The standard InChI is InChI=1S/C27H27N5O/c1-16-12-30-26-22(16)11-20(13-31-26)19-9-21-14-32(27(33)18-5-7-28-17(2)8-18)15-24(21)23(10-19)25-4-3-6-29-25/h5,7-13,25,29H,3-4,6,14-15H2,1-2H3,(H,30,31)/t25-/m0/s1. The summed E-state index contributed by atoms with van der Waals surface area (Å²) < 4.78 is 0. The number of carbonyl (C=O) groups is 1. The van der Waals surface area contributed by atoms with Crippen LogP contribution < -0.4 is 5.32 Å². The molecule has 0 saturated carbocycles. The predicted octanol–water partition coefficient (Wildman–Crippen LogP) is 4.82. The maximum absolute atomic E-state index is 13.3. The third-order valence-electron chi connectivity index (χ3n) is 7.02. The van der Waals surface area contributed by atoms with E-state index in [1.807, 2.05) is 36.4 Å². The highest BCUT2D eigenvalue weighted by atomic mass is 16.2. The summed E-state index contributed by atoms with van der Waals surface area (Å²) in [5, 5.41) is 4.82. The van der Waals surface area contributed by atoms with Gasteiger partial charge in [-0.25, -0.2) is 4.98 Å². The molecule has 1 fully saturated rings. The second-order valence-electron chi connectivity index (χ2n) is 9.29. The van der Waals surface area contributed by atoms with Crippen molar-refractivity contribution in [3.05, 3.63) is 82.4 Å². The molecule has 1 aromatic carbocycles. The smallest absolute Gasteiger partial charge is 0.254 e. The van der Waals surface area contributed by atoms with E-state index in [0.29, 0.717) is 24.7 Å². The van der Waals surface area contributed by atoms with E-state index in [0.717, 1.165) is 35.3 Å². The SMILES string of the molecule is Cc1cc(C(=O)N2Cc3cc(-c4cnc5[nH]cc(C)c5c4)cc([C@@H]4CCCN4)c3C2)ccn1. The second-order valence-corrected chi connectivity index (χ2v) is 9.29. The summed E-state index contributed by atoms with van der Waals surface area (Å²) in [6, 6.07) is 10.8. The number of fused-ring (bicyclic) bond motifs is 2. The molecule has 0 radical (unpaired) electrons. The fourth-order valence-corrected chi connectivity index (χ4v) is 5.27. The molecule has 4 aromatic rings. The number of nitrogens with one attached hydrogen (secondary N) is 2. The molecular weight excluding hydrogens is 410 g/mol. The molecule has 1 amide bonds. The third-order valence-corrected chi connectivity index (χ3v) is 7.02. The van der Waals surface area contributed by atoms with Crippen molar-refractivity contribution in [2.45, 2.75) is 45.8 Å². The molecule has 0 bridgehead atoms. The Hall–Kier alpha value is -3.51. The number of H-pyrrole nitrogens is 1. The molecule has 6 heteroatoms. The van der Waals surface area contributed by atoms with E-state index in [1.165, 1.54) is 34.2 Å². The predicted molar refractivity (Wildman–Crippen MR) is 129 cm³/mol. The van der Waals surface area contributed by atoms with Gasteiger partial charge in [-0.2, -0.15) is 0 Å². The number of benzene rings is 1. The molecule has 33 heavy (non-hydrogen) atoms. The van der Waals surface area contributed by atoms with Crippen molar-refractivity contribution in [2.75, 3.05) is 6.54 Å². The molecule has 1 saturated heterocycles. The zero-order chi connectivity index (χ0) is 22.5. The number of aromatic amines is 1. The summed E-state index contributed by atoms with van der Waals surface area (Å²) in [6.07, 6.45) is 7.97. The van der Waals surface area contributed by atoms with Crippen molar-refractivity contribution in [1.29, 1.82) is 0 Å². The third kappa shape index (κ3) is 3.51. The zero-order valence-electron chi connectivity index (χ0n) is 19.0. The number of rotatable bonds is 3. The van der Waals surface area contributed by atoms with E-state index < -0.39 is 0 Å². The van der Waals surface area contributed by atoms with Gasteiger partial charge in [0.15, 0.2) is 0 Å². The molecule has 0 spiro atoms. The highest BCUT2D eigenvalue weighted by molar-refractivity contribution is 5.94. The van der Waals surface area contributed by atoms with Gasteiger partial charge in [0, 0.05) is 59.9 Å². The van der Waals surface area contributed by atoms with Gasteiger partial charge < -0.3 is 15.2 Å². The van der Waals surface area contributed by atoms with Crippen LogP contribution in [0.2, 0.25) is 0 Å². The van der Waals surface area contributed by atoms with Crippen LogP contribution in [0.15, 0.2) is 48.9 Å². The number of hydrogen-bond donors (Lipinski definition) is 2. The lowest BCUT2D eigenvalue weighted by atomic mass is 9.91. The topological polar surface area (TPSA) is 73.9 Å². The first-order valence-electron chi connectivity index (χ1n) is 11.6. The molecule has 6 nitrogen and oxygen atoms in total. The minimum Gasteiger partial charge on any atom is -0.346 e. The Morgan fingerprint density at radius 3 is 2.82 bits per heavy atom. The first-order chi connectivity index (χ1) is 16.1. The molecule has 6 rings (SSSR count). The molecule has 2 aliphatic rings. The number of amides is 1. The fourth-order valence-electron chi connectivity index (χ4n) is 5.27. The summed E-state index contributed by atoms with van der Waals surface area (Å²) >= 11 is 0. The normalized spacial score (nSPS) is 17.6. The van der Waals surface area contributed by atoms with E-state index in [9.17, 15) is 4.79 Å². The maximum atomic E-state index is 13.3. The van der Waals surface area contributed by atoms with Crippen molar-refractivity contribution in [1.82, 2.24) is 25.2 Å². The Bertz CT molecular complexity index is 1380. The minimum atomic E-state index is 0.0645. The van der Waals surface area contributed by atoms with Crippen LogP contribution in [0.3, 0.4) is 0 Å². The number of nitrogens with zero attached hydrogens (tertiary/aromatic N) is 3. The van der Waals surface area contributed by atoms with Crippen molar-refractivity contribution in [3.63, 3.8) is 0 Å². The minimum absolute atomic E-state index is 0.0645. The Kier molecular flexibility index (Phi) is 4.76. The van der Waals surface area contributed by atoms with Crippen LogP contribution >= 0.6 is 0 Å². The number of hydrogen-bond acceptors (Lipinski definition) is 4. The molecular formula is C27H27N5O. The van der Waals surface area contributed by atoms with Gasteiger partial charge in [-0.15, -0.1) is 0 Å². The largest absolute Gasteiger partial charge is 0.346 e. The van der Waals surface area contributed by atoms with Crippen molar-refractivity contribution in [3.8, 4) is 11.1 Å². The molecule has 2 aliphatic heterocycles. The number of carbonyl (C=O) groups excluding carboxylic acids is 1. The summed E-state index contributed by atoms with van der Waals surface area (Å²) in [5.74, 6) is 0.0645. The monoisotopic (exact) mass is 437 g/mol. The Morgan fingerprint density at radius 2 is 2.00 bits per heavy atom. The molecule has 2 N–H and O–H groups in total. The molecule has 0 unspecified atom stereocenters. The average Bonchev–Trinajstić information content (AvgIpc) is 3.58. The van der Waals surface area contributed by atoms with Crippen LogP contribution in [0, 0.1) is 13.8 Å². The van der Waals surface area contributed by atoms with Crippen molar-refractivity contribution in [2.24, 2.45) is 0 Å². The number of aromatic nitrogens is 3. The molecule has 166 valence electrons. The van der Waals surface area contributed by atoms with Gasteiger partial charge in [0.1, 0.15) is 5.65 Å². The molecule has 3 aromatic heterocycles. The molecule has 1 atom stereocenters. The van der Waals surface area contributed by atoms with Crippen LogP contribution in [-0.4, -0.2) is 32.3 Å². The second kappa shape index (κ2) is 7.81. The summed E-state index contributed by atoms with van der Waals surface area (Å²) in [4.78, 5) is 27.4. The summed E-state index contributed by atoms with van der Waals surface area (Å²) in [5.41, 5.74) is 9.81. The van der Waals surface area contributed by atoms with Gasteiger partial charge >= 0.3 is 0 Å². The first kappa shape index (κ1) is 20.1. The fraction of sp³-hybridized carbons (Fsp3) is 0.296. The lowest BCUT2D eigenvalue weighted by molar-refractivity contribution is 0.0751. The van der Waals surface area contributed by atoms with Crippen molar-refractivity contribution < 1.29 is 4.79 Å². The Labute approximate surface area is 193 Å².